The number of ether oxygens (including phenoxy) is 1. The van der Waals surface area contributed by atoms with Gasteiger partial charge in [0.15, 0.2) is 0 Å². The van der Waals surface area contributed by atoms with Crippen LogP contribution in [-0.4, -0.2) is 32.0 Å². The quantitative estimate of drug-likeness (QED) is 0.813. The summed E-state index contributed by atoms with van der Waals surface area (Å²) in [6.07, 6.45) is 0. The Kier molecular flexibility index (Phi) is 1.94. The van der Waals surface area contributed by atoms with E-state index >= 15 is 0 Å². The van der Waals surface area contributed by atoms with Crippen molar-refractivity contribution in [1.29, 1.82) is 0 Å². The van der Waals surface area contributed by atoms with Crippen LogP contribution in [0.5, 0.6) is 5.75 Å². The molecule has 0 atom stereocenters. The Morgan fingerprint density at radius 2 is 2.08 bits per heavy atom. The highest BCUT2D eigenvalue weighted by Gasteiger charge is 1.94. The van der Waals surface area contributed by atoms with Crippen LogP contribution in [0.2, 0.25) is 0 Å². The second-order valence-corrected chi connectivity index (χ2v) is 3.37. The van der Waals surface area contributed by atoms with Crippen LogP contribution < -0.4 is 4.74 Å². The lowest BCUT2D eigenvalue weighted by molar-refractivity contribution is 0.261. The lowest BCUT2D eigenvalue weighted by atomic mass is 10.3. The molecule has 0 aliphatic rings. The maximum absolute atomic E-state index is 7.19. The molecule has 0 aromatic heterocycles. The van der Waals surface area contributed by atoms with Crippen LogP contribution in [0.1, 0.15) is 8.22 Å². The van der Waals surface area contributed by atoms with Crippen LogP contribution in [0.25, 0.3) is 0 Å². The van der Waals surface area contributed by atoms with E-state index in [1.54, 1.807) is 24.3 Å². The van der Waals surface area contributed by atoms with Crippen molar-refractivity contribution in [2.24, 2.45) is 0 Å². The monoisotopic (exact) mass is 249 g/mol. The van der Waals surface area contributed by atoms with Gasteiger partial charge in [-0.15, -0.1) is 0 Å². The average molecular weight is 250 g/mol. The molecule has 1 rings (SSSR count). The van der Waals surface area contributed by atoms with Crippen molar-refractivity contribution in [1.82, 2.24) is 4.90 Å². The lowest BCUT2D eigenvalue weighted by Crippen LogP contribution is -2.19. The molecule has 1 aromatic rings. The average Bonchev–Trinajstić information content (AvgIpc) is 2.23. The highest BCUT2D eigenvalue weighted by atomic mass is 79.9. The Labute approximate surface area is 96.1 Å². The standard InChI is InChI=1S/C10H14BrNO/c1-12(2)7-8-13-10-5-3-9(11)4-6-10/h3-6H,7-8H2,1-2H3/i1D3,2D3. The Morgan fingerprint density at radius 1 is 1.38 bits per heavy atom. The Balaban J connectivity index is 2.56. The van der Waals surface area contributed by atoms with Gasteiger partial charge < -0.3 is 9.64 Å². The van der Waals surface area contributed by atoms with Gasteiger partial charge in [0.2, 0.25) is 0 Å². The molecule has 0 amide bonds. The van der Waals surface area contributed by atoms with Gasteiger partial charge in [-0.05, 0) is 38.2 Å². The summed E-state index contributed by atoms with van der Waals surface area (Å²) in [6, 6.07) is 6.97. The first kappa shape index (κ1) is 4.80. The van der Waals surface area contributed by atoms with Gasteiger partial charge in [-0.3, -0.25) is 0 Å². The first-order valence-electron chi connectivity index (χ1n) is 6.77. The van der Waals surface area contributed by atoms with Gasteiger partial charge in [-0.25, -0.2) is 0 Å². The van der Waals surface area contributed by atoms with E-state index in [2.05, 4.69) is 15.9 Å². The Morgan fingerprint density at radius 3 is 2.69 bits per heavy atom. The molecule has 0 saturated carbocycles. The van der Waals surface area contributed by atoms with Crippen molar-refractivity contribution in [2.75, 3.05) is 27.1 Å². The third-order valence-corrected chi connectivity index (χ3v) is 1.93. The highest BCUT2D eigenvalue weighted by Crippen LogP contribution is 2.15. The van der Waals surface area contributed by atoms with Gasteiger partial charge in [0, 0.05) is 19.2 Å². The van der Waals surface area contributed by atoms with Gasteiger partial charge >= 0.3 is 0 Å². The van der Waals surface area contributed by atoms with E-state index in [0.717, 1.165) is 4.47 Å². The maximum Gasteiger partial charge on any atom is 0.119 e. The summed E-state index contributed by atoms with van der Waals surface area (Å²) in [7, 11) is 0. The minimum absolute atomic E-state index is 0.0155. The third kappa shape index (κ3) is 4.29. The topological polar surface area (TPSA) is 12.5 Å². The number of benzene rings is 1. The van der Waals surface area contributed by atoms with Crippen LogP contribution in [0.15, 0.2) is 28.7 Å². The molecular weight excluding hydrogens is 230 g/mol. The minimum Gasteiger partial charge on any atom is -0.492 e. The molecule has 0 aliphatic carbocycles. The van der Waals surface area contributed by atoms with E-state index in [0.29, 0.717) is 10.6 Å². The predicted octanol–water partition coefficient (Wildman–Crippen LogP) is 2.39. The number of halogens is 1. The highest BCUT2D eigenvalue weighted by molar-refractivity contribution is 9.10. The maximum atomic E-state index is 7.19. The fourth-order valence-electron chi connectivity index (χ4n) is 0.786. The van der Waals surface area contributed by atoms with Crippen molar-refractivity contribution in [3.63, 3.8) is 0 Å². The largest absolute Gasteiger partial charge is 0.492 e. The number of rotatable bonds is 4. The number of hydrogen-bond donors (Lipinski definition) is 0. The molecule has 0 N–H and O–H groups in total. The summed E-state index contributed by atoms with van der Waals surface area (Å²) in [5.74, 6) is 0.555. The van der Waals surface area contributed by atoms with Gasteiger partial charge in [0.1, 0.15) is 12.4 Å². The zero-order valence-corrected chi connectivity index (χ0v) is 8.54. The molecule has 72 valence electrons. The number of hydrogen-bond acceptors (Lipinski definition) is 2. The molecule has 0 unspecified atom stereocenters. The summed E-state index contributed by atoms with van der Waals surface area (Å²) in [5, 5.41) is 0. The molecule has 0 heterocycles. The second kappa shape index (κ2) is 5.25. The SMILES string of the molecule is [2H]C([2H])([2H])N(CCOc1ccc(Br)cc1)C([2H])([2H])[2H]. The molecule has 2 nitrogen and oxygen atoms in total. The molecule has 0 fully saturated rings. The van der Waals surface area contributed by atoms with Crippen molar-refractivity contribution < 1.29 is 13.0 Å². The Bertz CT molecular complexity index is 388. The zero-order valence-electron chi connectivity index (χ0n) is 13.0. The van der Waals surface area contributed by atoms with Crippen LogP contribution in [0.3, 0.4) is 0 Å². The van der Waals surface area contributed by atoms with Crippen molar-refractivity contribution in [3.05, 3.63) is 28.7 Å². The summed E-state index contributed by atoms with van der Waals surface area (Å²) >= 11 is 3.28. The van der Waals surface area contributed by atoms with Gasteiger partial charge in [0.05, 0.1) is 0 Å². The lowest BCUT2D eigenvalue weighted by Gasteiger charge is -2.10. The van der Waals surface area contributed by atoms with E-state index in [1.165, 1.54) is 0 Å². The molecule has 0 radical (unpaired) electrons. The van der Waals surface area contributed by atoms with E-state index in [4.69, 9.17) is 13.0 Å². The number of likely N-dealkylation sites (N-methyl/N-ethyl adjacent to an activating group) is 1. The summed E-state index contributed by atoms with van der Waals surface area (Å²) in [4.78, 5) is 0.471. The molecular formula is C10H14BrNO. The van der Waals surface area contributed by atoms with Crippen molar-refractivity contribution in [3.8, 4) is 5.75 Å². The van der Waals surface area contributed by atoms with E-state index in [1.807, 2.05) is 0 Å². The molecule has 0 aliphatic heterocycles. The van der Waals surface area contributed by atoms with E-state index in [9.17, 15) is 0 Å². The first-order valence-corrected chi connectivity index (χ1v) is 4.56. The smallest absolute Gasteiger partial charge is 0.119 e. The molecule has 0 spiro atoms. The van der Waals surface area contributed by atoms with E-state index in [-0.39, 0.29) is 13.2 Å². The summed E-state index contributed by atoms with van der Waals surface area (Å²) < 4.78 is 49.4. The predicted molar refractivity (Wildman–Crippen MR) is 58.2 cm³/mol. The molecule has 1 aromatic carbocycles. The van der Waals surface area contributed by atoms with Crippen LogP contribution in [0, 0.1) is 0 Å². The van der Waals surface area contributed by atoms with Gasteiger partial charge in [-0.1, -0.05) is 15.9 Å². The van der Waals surface area contributed by atoms with Crippen LogP contribution in [0.4, 0.5) is 0 Å². The molecule has 0 bridgehead atoms. The summed E-state index contributed by atoms with van der Waals surface area (Å²) in [5.41, 5.74) is 0. The minimum atomic E-state index is -2.67. The first-order chi connectivity index (χ1) is 8.60. The van der Waals surface area contributed by atoms with E-state index < -0.39 is 14.0 Å². The fraction of sp³-hybridized carbons (Fsp3) is 0.400. The third-order valence-electron chi connectivity index (χ3n) is 1.40. The number of nitrogens with zero attached hydrogens (tertiary/aromatic N) is 1. The second-order valence-electron chi connectivity index (χ2n) is 2.45. The van der Waals surface area contributed by atoms with Crippen LogP contribution in [-0.2, 0) is 0 Å². The molecule has 13 heavy (non-hydrogen) atoms. The van der Waals surface area contributed by atoms with Gasteiger partial charge in [0.25, 0.3) is 0 Å². The summed E-state index contributed by atoms with van der Waals surface area (Å²) in [6.45, 7) is -5.57. The normalized spacial score (nSPS) is 19.2. The van der Waals surface area contributed by atoms with Crippen molar-refractivity contribution >= 4 is 15.9 Å². The fourth-order valence-corrected chi connectivity index (χ4v) is 1.05. The Hall–Kier alpha value is -0.540. The molecule has 0 saturated heterocycles. The van der Waals surface area contributed by atoms with Gasteiger partial charge in [-0.2, -0.15) is 0 Å². The van der Waals surface area contributed by atoms with Crippen LogP contribution >= 0.6 is 15.9 Å². The van der Waals surface area contributed by atoms with Crippen molar-refractivity contribution in [2.45, 2.75) is 0 Å². The molecule has 3 heteroatoms. The zero-order chi connectivity index (χ0) is 14.7.